The van der Waals surface area contributed by atoms with E-state index in [2.05, 4.69) is 11.1 Å². The van der Waals surface area contributed by atoms with Gasteiger partial charge in [0.05, 0.1) is 17.0 Å². The Bertz CT molecular complexity index is 515. The number of aromatic carboxylic acids is 1. The topological polar surface area (TPSA) is 74.0 Å². The molecule has 1 aromatic rings. The first-order valence-electron chi connectivity index (χ1n) is 4.82. The van der Waals surface area contributed by atoms with Crippen molar-refractivity contribution in [3.8, 4) is 6.07 Å². The van der Waals surface area contributed by atoms with E-state index in [1.54, 1.807) is 6.92 Å². The van der Waals surface area contributed by atoms with Crippen LogP contribution in [0.4, 0.5) is 0 Å². The second-order valence-corrected chi connectivity index (χ2v) is 4.32. The minimum Gasteiger partial charge on any atom is -0.478 e. The Labute approximate surface area is 97.5 Å². The third kappa shape index (κ3) is 1.54. The molecule has 1 aliphatic carbocycles. The van der Waals surface area contributed by atoms with Crippen LogP contribution >= 0.6 is 11.6 Å². The molecule has 0 aliphatic heterocycles. The Balaban J connectivity index is 2.60. The summed E-state index contributed by atoms with van der Waals surface area (Å²) in [5.41, 5.74) is 0.751. The lowest BCUT2D eigenvalue weighted by Gasteiger charge is -2.11. The fourth-order valence-corrected chi connectivity index (χ4v) is 2.04. The molecular formula is C11H9ClN2O2. The van der Waals surface area contributed by atoms with Gasteiger partial charge in [0, 0.05) is 5.69 Å². The number of carboxylic acids is 1. The molecule has 2 rings (SSSR count). The number of hydrogen-bond acceptors (Lipinski definition) is 3. The maximum Gasteiger partial charge on any atom is 0.338 e. The van der Waals surface area contributed by atoms with E-state index in [4.69, 9.17) is 22.0 Å². The third-order valence-corrected chi connectivity index (χ3v) is 3.16. The van der Waals surface area contributed by atoms with Crippen LogP contribution < -0.4 is 0 Å². The highest BCUT2D eigenvalue weighted by Gasteiger charge is 2.46. The zero-order valence-electron chi connectivity index (χ0n) is 8.62. The van der Waals surface area contributed by atoms with Crippen molar-refractivity contribution >= 4 is 17.6 Å². The van der Waals surface area contributed by atoms with Crippen LogP contribution in [-0.2, 0) is 5.41 Å². The van der Waals surface area contributed by atoms with Gasteiger partial charge in [-0.25, -0.2) is 9.78 Å². The average Bonchev–Trinajstić information content (AvgIpc) is 2.98. The second kappa shape index (κ2) is 3.46. The van der Waals surface area contributed by atoms with Crippen molar-refractivity contribution in [1.29, 1.82) is 5.26 Å². The standard InChI is InChI=1S/C11H9ClN2O2/c1-6-8(11(5-13)2-3-11)4-7(10(15)16)9(12)14-6/h4H,2-3H2,1H3,(H,15,16). The number of carbonyl (C=O) groups is 1. The second-order valence-electron chi connectivity index (χ2n) is 3.96. The average molecular weight is 237 g/mol. The number of nitriles is 1. The zero-order chi connectivity index (χ0) is 11.9. The first-order valence-corrected chi connectivity index (χ1v) is 5.20. The highest BCUT2D eigenvalue weighted by Crippen LogP contribution is 2.48. The van der Waals surface area contributed by atoms with Crippen LogP contribution in [-0.4, -0.2) is 16.1 Å². The number of halogens is 1. The van der Waals surface area contributed by atoms with Gasteiger partial charge in [-0.05, 0) is 31.4 Å². The van der Waals surface area contributed by atoms with Crippen LogP contribution in [0, 0.1) is 18.3 Å². The Morgan fingerprint density at radius 1 is 1.69 bits per heavy atom. The highest BCUT2D eigenvalue weighted by molar-refractivity contribution is 6.32. The minimum atomic E-state index is -1.12. The van der Waals surface area contributed by atoms with Gasteiger partial charge < -0.3 is 5.11 Å². The summed E-state index contributed by atoms with van der Waals surface area (Å²) >= 11 is 5.74. The summed E-state index contributed by atoms with van der Waals surface area (Å²) in [4.78, 5) is 14.9. The molecule has 1 heterocycles. The maximum absolute atomic E-state index is 10.9. The van der Waals surface area contributed by atoms with Crippen molar-refractivity contribution < 1.29 is 9.90 Å². The Morgan fingerprint density at radius 3 is 2.75 bits per heavy atom. The third-order valence-electron chi connectivity index (χ3n) is 2.88. The largest absolute Gasteiger partial charge is 0.478 e. The summed E-state index contributed by atoms with van der Waals surface area (Å²) in [6, 6.07) is 3.69. The van der Waals surface area contributed by atoms with Crippen molar-refractivity contribution in [2.75, 3.05) is 0 Å². The van der Waals surface area contributed by atoms with Crippen molar-refractivity contribution in [3.63, 3.8) is 0 Å². The molecule has 0 atom stereocenters. The van der Waals surface area contributed by atoms with Crippen molar-refractivity contribution in [3.05, 3.63) is 28.0 Å². The molecule has 4 nitrogen and oxygen atoms in total. The fourth-order valence-electron chi connectivity index (χ4n) is 1.78. The van der Waals surface area contributed by atoms with Gasteiger partial charge in [0.15, 0.2) is 0 Å². The lowest BCUT2D eigenvalue weighted by Crippen LogP contribution is -2.10. The van der Waals surface area contributed by atoms with Crippen LogP contribution in [0.25, 0.3) is 0 Å². The minimum absolute atomic E-state index is 0.0255. The molecule has 0 saturated heterocycles. The molecule has 1 fully saturated rings. The number of aryl methyl sites for hydroxylation is 1. The van der Waals surface area contributed by atoms with Gasteiger partial charge in [-0.2, -0.15) is 5.26 Å². The molecule has 0 radical (unpaired) electrons. The number of nitrogens with zero attached hydrogens (tertiary/aromatic N) is 2. The van der Waals surface area contributed by atoms with Gasteiger partial charge in [0.25, 0.3) is 0 Å². The molecule has 5 heteroatoms. The number of pyridine rings is 1. The molecule has 0 aromatic carbocycles. The van der Waals surface area contributed by atoms with Gasteiger partial charge in [-0.3, -0.25) is 0 Å². The van der Waals surface area contributed by atoms with E-state index in [-0.39, 0.29) is 10.7 Å². The van der Waals surface area contributed by atoms with E-state index in [1.165, 1.54) is 6.07 Å². The van der Waals surface area contributed by atoms with E-state index < -0.39 is 11.4 Å². The van der Waals surface area contributed by atoms with Gasteiger partial charge >= 0.3 is 5.97 Å². The molecule has 0 bridgehead atoms. The van der Waals surface area contributed by atoms with Crippen molar-refractivity contribution in [1.82, 2.24) is 4.98 Å². The van der Waals surface area contributed by atoms with E-state index in [0.717, 1.165) is 12.8 Å². The smallest absolute Gasteiger partial charge is 0.338 e. The predicted octanol–water partition coefficient (Wildman–Crippen LogP) is 2.30. The maximum atomic E-state index is 10.9. The normalized spacial score (nSPS) is 16.6. The van der Waals surface area contributed by atoms with E-state index in [9.17, 15) is 4.79 Å². The monoisotopic (exact) mass is 236 g/mol. The molecule has 0 unspecified atom stereocenters. The molecule has 1 saturated carbocycles. The van der Waals surface area contributed by atoms with Gasteiger partial charge in [0.1, 0.15) is 5.15 Å². The SMILES string of the molecule is Cc1nc(Cl)c(C(=O)O)cc1C1(C#N)CC1. The summed E-state index contributed by atoms with van der Waals surface area (Å²) in [5.74, 6) is -1.12. The van der Waals surface area contributed by atoms with Crippen LogP contribution in [0.15, 0.2) is 6.07 Å². The molecular weight excluding hydrogens is 228 g/mol. The molecule has 0 spiro atoms. The summed E-state index contributed by atoms with van der Waals surface area (Å²) in [6.45, 7) is 1.74. The molecule has 1 N–H and O–H groups in total. The Hall–Kier alpha value is -1.60. The summed E-state index contributed by atoms with van der Waals surface area (Å²) < 4.78 is 0. The highest BCUT2D eigenvalue weighted by atomic mass is 35.5. The van der Waals surface area contributed by atoms with Gasteiger partial charge in [0.2, 0.25) is 0 Å². The molecule has 1 aliphatic rings. The molecule has 82 valence electrons. The Morgan fingerprint density at radius 2 is 2.31 bits per heavy atom. The first kappa shape index (κ1) is 10.9. The summed E-state index contributed by atoms with van der Waals surface area (Å²) in [5, 5.41) is 18.0. The lowest BCUT2D eigenvalue weighted by atomic mass is 9.95. The number of hydrogen-bond donors (Lipinski definition) is 1. The summed E-state index contributed by atoms with van der Waals surface area (Å²) in [7, 11) is 0. The Kier molecular flexibility index (Phi) is 2.36. The van der Waals surface area contributed by atoms with Crippen LogP contribution in [0.2, 0.25) is 5.15 Å². The zero-order valence-corrected chi connectivity index (χ0v) is 9.38. The predicted molar refractivity (Wildman–Crippen MR) is 57.5 cm³/mol. The van der Waals surface area contributed by atoms with Crippen LogP contribution in [0.3, 0.4) is 0 Å². The molecule has 1 aromatic heterocycles. The van der Waals surface area contributed by atoms with E-state index >= 15 is 0 Å². The van der Waals surface area contributed by atoms with Gasteiger partial charge in [-0.15, -0.1) is 0 Å². The molecule has 16 heavy (non-hydrogen) atoms. The number of rotatable bonds is 2. The molecule has 0 amide bonds. The van der Waals surface area contributed by atoms with Crippen molar-refractivity contribution in [2.24, 2.45) is 0 Å². The summed E-state index contributed by atoms with van der Waals surface area (Å²) in [6.07, 6.45) is 1.51. The van der Waals surface area contributed by atoms with Crippen LogP contribution in [0.5, 0.6) is 0 Å². The quantitative estimate of drug-likeness (QED) is 0.800. The number of aromatic nitrogens is 1. The lowest BCUT2D eigenvalue weighted by molar-refractivity contribution is 0.0696. The van der Waals surface area contributed by atoms with Gasteiger partial charge in [-0.1, -0.05) is 11.6 Å². The van der Waals surface area contributed by atoms with Crippen molar-refractivity contribution in [2.45, 2.75) is 25.2 Å². The fraction of sp³-hybridized carbons (Fsp3) is 0.364. The number of carboxylic acid groups (broad SMARTS) is 1. The van der Waals surface area contributed by atoms with E-state index in [1.807, 2.05) is 0 Å². The first-order chi connectivity index (χ1) is 7.50. The van der Waals surface area contributed by atoms with Crippen LogP contribution in [0.1, 0.15) is 34.5 Å². The van der Waals surface area contributed by atoms with E-state index in [0.29, 0.717) is 11.3 Å².